The van der Waals surface area contributed by atoms with Gasteiger partial charge in [0, 0.05) is 37.7 Å². The fraction of sp³-hybridized carbons (Fsp3) is 0.611. The number of carbonyl (C=O) groups excluding carboxylic acids is 1. The molecule has 0 amide bonds. The highest BCUT2D eigenvalue weighted by Crippen LogP contribution is 2.17. The number of piperazine rings is 1. The Morgan fingerprint density at radius 1 is 1.13 bits per heavy atom. The van der Waals surface area contributed by atoms with Gasteiger partial charge in [0.15, 0.2) is 0 Å². The standard InChI is InChI=1S/C18H27ClN2O2/c1-14-9-15(11-16(19)10-14)12-20-5-7-21(8-6-20)13-17(22)23-18(2,3)4/h9-11H,5-8,12-13H2,1-4H3. The summed E-state index contributed by atoms with van der Waals surface area (Å²) < 4.78 is 5.38. The third-order valence-electron chi connectivity index (χ3n) is 3.75. The molecule has 128 valence electrons. The van der Waals surface area contributed by atoms with E-state index in [1.807, 2.05) is 32.9 Å². The Hall–Kier alpha value is -1.10. The maximum absolute atomic E-state index is 11.9. The van der Waals surface area contributed by atoms with Crippen molar-refractivity contribution in [2.75, 3.05) is 32.7 Å². The molecule has 0 aromatic heterocycles. The van der Waals surface area contributed by atoms with Crippen molar-refractivity contribution in [3.05, 3.63) is 34.3 Å². The Bertz CT molecular complexity index is 526. The number of aryl methyl sites for hydroxylation is 1. The van der Waals surface area contributed by atoms with Crippen molar-refractivity contribution in [2.45, 2.75) is 39.8 Å². The summed E-state index contributed by atoms with van der Waals surface area (Å²) in [5, 5.41) is 0.795. The monoisotopic (exact) mass is 338 g/mol. The zero-order chi connectivity index (χ0) is 17.0. The number of halogens is 1. The van der Waals surface area contributed by atoms with Gasteiger partial charge in [0.25, 0.3) is 0 Å². The van der Waals surface area contributed by atoms with Gasteiger partial charge in [0.2, 0.25) is 0 Å². The van der Waals surface area contributed by atoms with Crippen molar-refractivity contribution in [1.29, 1.82) is 0 Å². The first-order valence-corrected chi connectivity index (χ1v) is 8.52. The third kappa shape index (κ3) is 6.50. The SMILES string of the molecule is Cc1cc(Cl)cc(CN2CCN(CC(=O)OC(C)(C)C)CC2)c1. The molecule has 0 radical (unpaired) electrons. The van der Waals surface area contributed by atoms with Crippen molar-refractivity contribution in [1.82, 2.24) is 9.80 Å². The summed E-state index contributed by atoms with van der Waals surface area (Å²) in [7, 11) is 0. The van der Waals surface area contributed by atoms with Gasteiger partial charge in [-0.1, -0.05) is 17.7 Å². The lowest BCUT2D eigenvalue weighted by molar-refractivity contribution is -0.156. The Morgan fingerprint density at radius 2 is 1.74 bits per heavy atom. The van der Waals surface area contributed by atoms with Crippen LogP contribution in [0, 0.1) is 6.92 Å². The molecule has 1 aromatic carbocycles. The van der Waals surface area contributed by atoms with Gasteiger partial charge in [0.05, 0.1) is 6.54 Å². The number of nitrogens with zero attached hydrogens (tertiary/aromatic N) is 2. The first-order chi connectivity index (χ1) is 10.7. The molecular formula is C18H27ClN2O2. The molecular weight excluding hydrogens is 312 g/mol. The molecule has 0 saturated carbocycles. The summed E-state index contributed by atoms with van der Waals surface area (Å²) in [6.45, 7) is 12.7. The van der Waals surface area contributed by atoms with Crippen LogP contribution in [0.5, 0.6) is 0 Å². The molecule has 0 unspecified atom stereocenters. The second-order valence-corrected chi connectivity index (χ2v) is 7.71. The van der Waals surface area contributed by atoms with E-state index < -0.39 is 5.60 Å². The highest BCUT2D eigenvalue weighted by atomic mass is 35.5. The summed E-state index contributed by atoms with van der Waals surface area (Å²) in [6.07, 6.45) is 0. The van der Waals surface area contributed by atoms with E-state index in [2.05, 4.69) is 22.8 Å². The molecule has 1 heterocycles. The maximum atomic E-state index is 11.9. The minimum absolute atomic E-state index is 0.142. The van der Waals surface area contributed by atoms with E-state index in [1.54, 1.807) is 0 Å². The van der Waals surface area contributed by atoms with Crippen molar-refractivity contribution in [2.24, 2.45) is 0 Å². The summed E-state index contributed by atoms with van der Waals surface area (Å²) >= 11 is 6.12. The number of rotatable bonds is 4. The number of benzene rings is 1. The van der Waals surface area contributed by atoms with E-state index in [4.69, 9.17) is 16.3 Å². The van der Waals surface area contributed by atoms with Crippen LogP contribution in [0.15, 0.2) is 18.2 Å². The number of esters is 1. The predicted molar refractivity (Wildman–Crippen MR) is 93.8 cm³/mol. The van der Waals surface area contributed by atoms with E-state index >= 15 is 0 Å². The lowest BCUT2D eigenvalue weighted by atomic mass is 10.1. The van der Waals surface area contributed by atoms with E-state index in [0.29, 0.717) is 6.54 Å². The number of hydrogen-bond acceptors (Lipinski definition) is 4. The number of ether oxygens (including phenoxy) is 1. The average Bonchev–Trinajstić information content (AvgIpc) is 2.37. The number of carbonyl (C=O) groups is 1. The van der Waals surface area contributed by atoms with Gasteiger partial charge in [-0.3, -0.25) is 14.6 Å². The lowest BCUT2D eigenvalue weighted by Gasteiger charge is -2.34. The molecule has 1 fully saturated rings. The molecule has 0 spiro atoms. The van der Waals surface area contributed by atoms with E-state index in [-0.39, 0.29) is 5.97 Å². The van der Waals surface area contributed by atoms with Crippen LogP contribution >= 0.6 is 11.6 Å². The summed E-state index contributed by atoms with van der Waals surface area (Å²) in [5.41, 5.74) is 2.02. The first-order valence-electron chi connectivity index (χ1n) is 8.14. The topological polar surface area (TPSA) is 32.8 Å². The smallest absolute Gasteiger partial charge is 0.320 e. The Labute approximate surface area is 144 Å². The van der Waals surface area contributed by atoms with Crippen LogP contribution in [0.25, 0.3) is 0 Å². The quantitative estimate of drug-likeness (QED) is 0.790. The largest absolute Gasteiger partial charge is 0.459 e. The average molecular weight is 339 g/mol. The molecule has 0 bridgehead atoms. The lowest BCUT2D eigenvalue weighted by Crippen LogP contribution is -2.48. The molecule has 0 N–H and O–H groups in total. The van der Waals surface area contributed by atoms with Crippen molar-refractivity contribution in [3.8, 4) is 0 Å². The second-order valence-electron chi connectivity index (χ2n) is 7.28. The third-order valence-corrected chi connectivity index (χ3v) is 3.96. The zero-order valence-electron chi connectivity index (χ0n) is 14.6. The minimum Gasteiger partial charge on any atom is -0.459 e. The van der Waals surface area contributed by atoms with Gasteiger partial charge < -0.3 is 4.74 Å². The van der Waals surface area contributed by atoms with Crippen LogP contribution < -0.4 is 0 Å². The van der Waals surface area contributed by atoms with Gasteiger partial charge in [-0.05, 0) is 51.0 Å². The molecule has 5 heteroatoms. The van der Waals surface area contributed by atoms with Crippen LogP contribution in [-0.2, 0) is 16.1 Å². The summed E-state index contributed by atoms with van der Waals surface area (Å²) in [4.78, 5) is 16.4. The van der Waals surface area contributed by atoms with Crippen LogP contribution in [0.1, 0.15) is 31.9 Å². The predicted octanol–water partition coefficient (Wildman–Crippen LogP) is 3.11. The van der Waals surface area contributed by atoms with Crippen molar-refractivity contribution in [3.63, 3.8) is 0 Å². The van der Waals surface area contributed by atoms with Gasteiger partial charge in [-0.15, -0.1) is 0 Å². The maximum Gasteiger partial charge on any atom is 0.320 e. The Morgan fingerprint density at radius 3 is 2.30 bits per heavy atom. The molecule has 1 aliphatic heterocycles. The van der Waals surface area contributed by atoms with Gasteiger partial charge in [0.1, 0.15) is 5.60 Å². The molecule has 1 saturated heterocycles. The van der Waals surface area contributed by atoms with Crippen LogP contribution in [-0.4, -0.2) is 54.1 Å². The van der Waals surface area contributed by atoms with Crippen molar-refractivity contribution < 1.29 is 9.53 Å². The minimum atomic E-state index is -0.413. The summed E-state index contributed by atoms with van der Waals surface area (Å²) in [5.74, 6) is -0.142. The normalized spacial score (nSPS) is 17.3. The number of hydrogen-bond donors (Lipinski definition) is 0. The Balaban J connectivity index is 1.78. The molecule has 1 aliphatic rings. The van der Waals surface area contributed by atoms with Crippen LogP contribution in [0.4, 0.5) is 0 Å². The fourth-order valence-electron chi connectivity index (χ4n) is 2.82. The van der Waals surface area contributed by atoms with E-state index in [9.17, 15) is 4.79 Å². The molecule has 4 nitrogen and oxygen atoms in total. The van der Waals surface area contributed by atoms with Gasteiger partial charge in [-0.2, -0.15) is 0 Å². The molecule has 0 atom stereocenters. The highest BCUT2D eigenvalue weighted by Gasteiger charge is 2.22. The van der Waals surface area contributed by atoms with Gasteiger partial charge in [-0.25, -0.2) is 0 Å². The van der Waals surface area contributed by atoms with Crippen molar-refractivity contribution >= 4 is 17.6 Å². The molecule has 2 rings (SSSR count). The highest BCUT2D eigenvalue weighted by molar-refractivity contribution is 6.30. The summed E-state index contributed by atoms with van der Waals surface area (Å²) in [6, 6.07) is 6.18. The van der Waals surface area contributed by atoms with Gasteiger partial charge >= 0.3 is 5.97 Å². The molecule has 23 heavy (non-hydrogen) atoms. The first kappa shape index (κ1) is 18.2. The fourth-order valence-corrected chi connectivity index (χ4v) is 3.14. The Kier molecular flexibility index (Phi) is 6.06. The second kappa shape index (κ2) is 7.65. The zero-order valence-corrected chi connectivity index (χ0v) is 15.3. The van der Waals surface area contributed by atoms with E-state index in [1.165, 1.54) is 11.1 Å². The van der Waals surface area contributed by atoms with E-state index in [0.717, 1.165) is 37.7 Å². The van der Waals surface area contributed by atoms with Crippen LogP contribution in [0.3, 0.4) is 0 Å². The van der Waals surface area contributed by atoms with Crippen LogP contribution in [0.2, 0.25) is 5.02 Å². The molecule has 1 aromatic rings. The molecule has 0 aliphatic carbocycles.